The predicted octanol–water partition coefficient (Wildman–Crippen LogP) is 2.90. The fraction of sp³-hybridized carbons (Fsp3) is 0.176. The molecular weight excluding hydrogens is 408 g/mol. The zero-order valence-electron chi connectivity index (χ0n) is 13.1. The molecule has 0 saturated heterocycles. The van der Waals surface area contributed by atoms with Crippen LogP contribution in [0.15, 0.2) is 47.2 Å². The molecule has 3 rings (SSSR count). The third-order valence-electron chi connectivity index (χ3n) is 3.75. The maximum atomic E-state index is 11.2. The van der Waals surface area contributed by atoms with E-state index >= 15 is 0 Å². The number of hydrogen-bond acceptors (Lipinski definition) is 6. The van der Waals surface area contributed by atoms with Gasteiger partial charge < -0.3 is 20.7 Å². The van der Waals surface area contributed by atoms with E-state index in [1.165, 1.54) is 18.3 Å². The van der Waals surface area contributed by atoms with E-state index in [1.54, 1.807) is 18.5 Å². The average molecular weight is 423 g/mol. The smallest absolute Gasteiger partial charge is 0.249 e. The van der Waals surface area contributed by atoms with Gasteiger partial charge in [0.1, 0.15) is 11.4 Å². The summed E-state index contributed by atoms with van der Waals surface area (Å²) in [6.45, 7) is 1.34. The van der Waals surface area contributed by atoms with Gasteiger partial charge in [-0.3, -0.25) is 9.78 Å². The topological polar surface area (TPSA) is 106 Å². The van der Waals surface area contributed by atoms with Crippen molar-refractivity contribution in [2.75, 3.05) is 0 Å². The van der Waals surface area contributed by atoms with E-state index < -0.39 is 17.6 Å². The molecule has 0 aliphatic rings. The molecule has 0 bridgehead atoms. The second-order valence-corrected chi connectivity index (χ2v) is 7.67. The Labute approximate surface area is 156 Å². The largest absolute Gasteiger partial charge is 0.455 e. The minimum atomic E-state index is -1.80. The first-order chi connectivity index (χ1) is 11.8. The number of thiophene rings is 1. The van der Waals surface area contributed by atoms with Crippen LogP contribution in [0.2, 0.25) is 0 Å². The Balaban J connectivity index is 2.01. The van der Waals surface area contributed by atoms with Crippen molar-refractivity contribution in [2.24, 2.45) is 5.73 Å². The zero-order valence-corrected chi connectivity index (χ0v) is 15.5. The summed E-state index contributed by atoms with van der Waals surface area (Å²) in [6, 6.07) is 9.00. The summed E-state index contributed by atoms with van der Waals surface area (Å²) in [5.74, 6) is 0.146. The van der Waals surface area contributed by atoms with Crippen LogP contribution in [0, 0.1) is 0 Å². The maximum Gasteiger partial charge on any atom is 0.249 e. The van der Waals surface area contributed by atoms with Gasteiger partial charge in [-0.15, -0.1) is 11.3 Å². The predicted molar refractivity (Wildman–Crippen MR) is 98.6 cm³/mol. The number of nitrogens with two attached hydrogens (primary N) is 1. The van der Waals surface area contributed by atoms with Gasteiger partial charge in [0.15, 0.2) is 11.9 Å². The van der Waals surface area contributed by atoms with Crippen molar-refractivity contribution in [1.82, 2.24) is 4.98 Å². The molecule has 2 aromatic heterocycles. The quantitative estimate of drug-likeness (QED) is 0.585. The third-order valence-corrected chi connectivity index (χ3v) is 5.58. The Bertz CT molecular complexity index is 924. The summed E-state index contributed by atoms with van der Waals surface area (Å²) in [6.07, 6.45) is 1.48. The summed E-state index contributed by atoms with van der Waals surface area (Å²) in [5.41, 5.74) is 3.31. The Morgan fingerprint density at radius 2 is 2.04 bits per heavy atom. The van der Waals surface area contributed by atoms with Crippen LogP contribution in [-0.4, -0.2) is 27.2 Å². The molecule has 6 nitrogen and oxygen atoms in total. The molecule has 0 spiro atoms. The minimum absolute atomic E-state index is 0.391. The number of benzene rings is 1. The monoisotopic (exact) mass is 422 g/mol. The van der Waals surface area contributed by atoms with Gasteiger partial charge in [-0.2, -0.15) is 0 Å². The number of carbonyl (C=O) groups is 1. The lowest BCUT2D eigenvalue weighted by Gasteiger charge is -2.25. The lowest BCUT2D eigenvalue weighted by molar-refractivity contribution is -0.141. The standard InChI is InChI=1S/C17H15BrN2O4S/c1-17(23,15(21)16(19)22)14-6-11-12(7-20-8-13(11)25-14)24-10-4-2-9(18)3-5-10/h2-8,15,21,23H,1H3,(H2,19,22). The van der Waals surface area contributed by atoms with Crippen LogP contribution in [0.1, 0.15) is 11.8 Å². The number of ether oxygens (including phenoxy) is 1. The van der Waals surface area contributed by atoms with Crippen molar-refractivity contribution >= 4 is 43.3 Å². The van der Waals surface area contributed by atoms with Gasteiger partial charge in [-0.25, -0.2) is 0 Å². The summed E-state index contributed by atoms with van der Waals surface area (Å²) in [5, 5.41) is 21.1. The molecule has 1 amide bonds. The molecule has 3 aromatic rings. The number of amides is 1. The van der Waals surface area contributed by atoms with Crippen molar-refractivity contribution in [3.05, 3.63) is 52.1 Å². The van der Waals surface area contributed by atoms with Crippen LogP contribution in [0.5, 0.6) is 11.5 Å². The fourth-order valence-corrected chi connectivity index (χ4v) is 3.69. The van der Waals surface area contributed by atoms with E-state index in [4.69, 9.17) is 10.5 Å². The van der Waals surface area contributed by atoms with Crippen LogP contribution in [0.25, 0.3) is 10.1 Å². The first-order valence-electron chi connectivity index (χ1n) is 7.30. The molecule has 8 heteroatoms. The number of halogens is 1. The Kier molecular flexibility index (Phi) is 4.79. The average Bonchev–Trinajstić information content (AvgIpc) is 3.02. The minimum Gasteiger partial charge on any atom is -0.455 e. The van der Waals surface area contributed by atoms with E-state index in [-0.39, 0.29) is 0 Å². The summed E-state index contributed by atoms with van der Waals surface area (Å²) >= 11 is 4.57. The van der Waals surface area contributed by atoms with Crippen molar-refractivity contribution in [3.63, 3.8) is 0 Å². The van der Waals surface area contributed by atoms with E-state index in [0.29, 0.717) is 16.4 Å². The molecule has 0 aliphatic carbocycles. The van der Waals surface area contributed by atoms with Crippen molar-refractivity contribution in [2.45, 2.75) is 18.6 Å². The fourth-order valence-electron chi connectivity index (χ4n) is 2.31. The number of fused-ring (bicyclic) bond motifs is 1. The number of aliphatic hydroxyl groups is 2. The highest BCUT2D eigenvalue weighted by molar-refractivity contribution is 9.10. The third kappa shape index (κ3) is 3.52. The molecular formula is C17H15BrN2O4S. The number of hydrogen-bond donors (Lipinski definition) is 3. The number of pyridine rings is 1. The van der Waals surface area contributed by atoms with Crippen LogP contribution >= 0.6 is 27.3 Å². The van der Waals surface area contributed by atoms with Gasteiger partial charge in [-0.1, -0.05) is 15.9 Å². The highest BCUT2D eigenvalue weighted by Gasteiger charge is 2.38. The first-order valence-corrected chi connectivity index (χ1v) is 8.91. The van der Waals surface area contributed by atoms with E-state index in [9.17, 15) is 15.0 Å². The van der Waals surface area contributed by atoms with Crippen LogP contribution in [-0.2, 0) is 10.4 Å². The molecule has 2 atom stereocenters. The molecule has 0 saturated carbocycles. The highest BCUT2D eigenvalue weighted by Crippen LogP contribution is 2.39. The van der Waals surface area contributed by atoms with Gasteiger partial charge >= 0.3 is 0 Å². The Hall–Kier alpha value is -2.00. The van der Waals surface area contributed by atoms with Gasteiger partial charge in [-0.05, 0) is 37.3 Å². The second kappa shape index (κ2) is 6.72. The summed E-state index contributed by atoms with van der Waals surface area (Å²) < 4.78 is 7.56. The number of rotatable bonds is 5. The molecule has 0 fully saturated rings. The molecule has 1 aromatic carbocycles. The van der Waals surface area contributed by atoms with Gasteiger partial charge in [0.2, 0.25) is 5.91 Å². The van der Waals surface area contributed by atoms with E-state index in [0.717, 1.165) is 14.6 Å². The van der Waals surface area contributed by atoms with Crippen molar-refractivity contribution in [1.29, 1.82) is 0 Å². The molecule has 0 radical (unpaired) electrons. The Morgan fingerprint density at radius 3 is 2.68 bits per heavy atom. The number of primary amides is 1. The molecule has 2 heterocycles. The highest BCUT2D eigenvalue weighted by atomic mass is 79.9. The maximum absolute atomic E-state index is 11.2. The summed E-state index contributed by atoms with van der Waals surface area (Å²) in [7, 11) is 0. The number of aromatic nitrogens is 1. The SMILES string of the molecule is CC(O)(c1cc2c(Oc3ccc(Br)cc3)cncc2s1)C(O)C(N)=O. The lowest BCUT2D eigenvalue weighted by atomic mass is 9.96. The normalized spacial score (nSPS) is 14.9. The van der Waals surface area contributed by atoms with Crippen LogP contribution < -0.4 is 10.5 Å². The van der Waals surface area contributed by atoms with Crippen LogP contribution in [0.3, 0.4) is 0 Å². The van der Waals surface area contributed by atoms with Gasteiger partial charge in [0, 0.05) is 20.9 Å². The number of nitrogens with zero attached hydrogens (tertiary/aromatic N) is 1. The molecule has 130 valence electrons. The van der Waals surface area contributed by atoms with E-state index in [2.05, 4.69) is 20.9 Å². The van der Waals surface area contributed by atoms with Crippen molar-refractivity contribution < 1.29 is 19.7 Å². The van der Waals surface area contributed by atoms with Gasteiger partial charge in [0.25, 0.3) is 0 Å². The van der Waals surface area contributed by atoms with Crippen LogP contribution in [0.4, 0.5) is 0 Å². The number of aliphatic hydroxyl groups excluding tert-OH is 1. The Morgan fingerprint density at radius 1 is 1.36 bits per heavy atom. The molecule has 0 aliphatic heterocycles. The number of carbonyl (C=O) groups excluding carboxylic acids is 1. The first kappa shape index (κ1) is 17.8. The zero-order chi connectivity index (χ0) is 18.2. The molecule has 2 unspecified atom stereocenters. The van der Waals surface area contributed by atoms with Crippen molar-refractivity contribution in [3.8, 4) is 11.5 Å². The van der Waals surface area contributed by atoms with Gasteiger partial charge in [0.05, 0.1) is 10.9 Å². The lowest BCUT2D eigenvalue weighted by Crippen LogP contribution is -2.45. The summed E-state index contributed by atoms with van der Waals surface area (Å²) in [4.78, 5) is 15.8. The second-order valence-electron chi connectivity index (χ2n) is 5.67. The molecule has 25 heavy (non-hydrogen) atoms. The molecule has 4 N–H and O–H groups in total. The van der Waals surface area contributed by atoms with E-state index in [1.807, 2.05) is 24.3 Å².